The van der Waals surface area contributed by atoms with Crippen LogP contribution in [-0.4, -0.2) is 7.11 Å². The van der Waals surface area contributed by atoms with E-state index < -0.39 is 0 Å². The third kappa shape index (κ3) is 3.26. The van der Waals surface area contributed by atoms with Gasteiger partial charge in [-0.1, -0.05) is 58.0 Å². The lowest BCUT2D eigenvalue weighted by molar-refractivity contribution is 0.410. The number of rotatable bonds is 3. The number of hydrogen-bond acceptors (Lipinski definition) is 1. The molecule has 0 aliphatic rings. The van der Waals surface area contributed by atoms with Gasteiger partial charge in [0.15, 0.2) is 0 Å². The van der Waals surface area contributed by atoms with E-state index in [1.165, 1.54) is 22.4 Å². The van der Waals surface area contributed by atoms with Gasteiger partial charge in [-0.3, -0.25) is 0 Å². The van der Waals surface area contributed by atoms with Gasteiger partial charge in [0, 0.05) is 11.6 Å². The molecule has 0 saturated carbocycles. The molecule has 0 unspecified atom stereocenters. The molecule has 130 valence electrons. The normalized spacial score (nSPS) is 11.8. The Balaban J connectivity index is 2.33. The minimum Gasteiger partial charge on any atom is -0.496 e. The van der Waals surface area contributed by atoms with Crippen LogP contribution in [0.1, 0.15) is 38.8 Å². The van der Waals surface area contributed by atoms with Crippen LogP contribution in [0.5, 0.6) is 5.75 Å². The van der Waals surface area contributed by atoms with E-state index in [0.29, 0.717) is 11.3 Å². The first-order valence-corrected chi connectivity index (χ1v) is 8.75. The highest BCUT2D eigenvalue weighted by molar-refractivity contribution is 5.90. The monoisotopic (exact) mass is 336 g/mol. The number of hydrogen-bond donors (Lipinski definition) is 0. The van der Waals surface area contributed by atoms with E-state index in [4.69, 9.17) is 4.74 Å². The Labute approximate surface area is 149 Å². The van der Waals surface area contributed by atoms with E-state index in [-0.39, 0.29) is 11.2 Å². The number of halogens is 1. The van der Waals surface area contributed by atoms with Crippen LogP contribution in [-0.2, 0) is 11.8 Å². The van der Waals surface area contributed by atoms with E-state index >= 15 is 0 Å². The molecular formula is C23H25FO. The number of ether oxygens (including phenoxy) is 1. The number of aryl methyl sites for hydroxylation is 1. The molecule has 0 amide bonds. The molecule has 0 aromatic heterocycles. The van der Waals surface area contributed by atoms with Gasteiger partial charge < -0.3 is 4.74 Å². The SMILES string of the molecule is CCc1cc2ccccc2cc1-c1cc(C(C)(C)C)c(F)cc1OC. The molecule has 0 radical (unpaired) electrons. The van der Waals surface area contributed by atoms with Crippen LogP contribution in [0.3, 0.4) is 0 Å². The molecule has 3 aromatic carbocycles. The first kappa shape index (κ1) is 17.5. The summed E-state index contributed by atoms with van der Waals surface area (Å²) < 4.78 is 20.1. The highest BCUT2D eigenvalue weighted by Crippen LogP contribution is 2.39. The molecule has 0 aliphatic heterocycles. The topological polar surface area (TPSA) is 9.23 Å². The maximum atomic E-state index is 14.6. The summed E-state index contributed by atoms with van der Waals surface area (Å²) in [7, 11) is 1.60. The first-order valence-electron chi connectivity index (χ1n) is 8.75. The average Bonchev–Trinajstić information content (AvgIpc) is 2.59. The largest absolute Gasteiger partial charge is 0.496 e. The number of fused-ring (bicyclic) bond motifs is 1. The summed E-state index contributed by atoms with van der Waals surface area (Å²) in [6, 6.07) is 16.2. The second-order valence-corrected chi connectivity index (χ2v) is 7.49. The van der Waals surface area contributed by atoms with Crippen LogP contribution in [0.4, 0.5) is 4.39 Å². The van der Waals surface area contributed by atoms with Crippen LogP contribution >= 0.6 is 0 Å². The van der Waals surface area contributed by atoms with Gasteiger partial charge in [-0.2, -0.15) is 0 Å². The highest BCUT2D eigenvalue weighted by Gasteiger charge is 2.22. The van der Waals surface area contributed by atoms with Gasteiger partial charge in [0.25, 0.3) is 0 Å². The molecule has 2 heteroatoms. The quantitative estimate of drug-likeness (QED) is 0.529. The standard InChI is InChI=1S/C23H25FO/c1-6-15-11-16-9-7-8-10-17(16)12-18(15)19-13-20(23(2,3)4)21(24)14-22(19)25-5/h7-14H,6H2,1-5H3. The summed E-state index contributed by atoms with van der Waals surface area (Å²) in [6.07, 6.45) is 0.908. The third-order valence-corrected chi connectivity index (χ3v) is 4.74. The fourth-order valence-corrected chi connectivity index (χ4v) is 3.34. The molecule has 0 aliphatic carbocycles. The van der Waals surface area contributed by atoms with Crippen molar-refractivity contribution in [2.24, 2.45) is 0 Å². The van der Waals surface area contributed by atoms with Gasteiger partial charge in [-0.15, -0.1) is 0 Å². The minimum absolute atomic E-state index is 0.216. The van der Waals surface area contributed by atoms with Gasteiger partial charge in [-0.05, 0) is 51.4 Å². The molecule has 3 aromatic rings. The van der Waals surface area contributed by atoms with Crippen molar-refractivity contribution in [1.82, 2.24) is 0 Å². The zero-order valence-corrected chi connectivity index (χ0v) is 15.6. The molecular weight excluding hydrogens is 311 g/mol. The Bertz CT molecular complexity index is 919. The Kier molecular flexibility index (Phi) is 4.55. The van der Waals surface area contributed by atoms with Crippen molar-refractivity contribution in [3.8, 4) is 16.9 Å². The summed E-state index contributed by atoms with van der Waals surface area (Å²) in [5, 5.41) is 2.40. The van der Waals surface area contributed by atoms with Crippen molar-refractivity contribution in [1.29, 1.82) is 0 Å². The van der Waals surface area contributed by atoms with E-state index in [0.717, 1.165) is 17.5 Å². The summed E-state index contributed by atoms with van der Waals surface area (Å²) in [6.45, 7) is 8.24. The predicted octanol–water partition coefficient (Wildman–Crippen LogP) is 6.51. The molecule has 0 fully saturated rings. The molecule has 1 nitrogen and oxygen atoms in total. The predicted molar refractivity (Wildman–Crippen MR) is 104 cm³/mol. The van der Waals surface area contributed by atoms with E-state index in [1.807, 2.05) is 32.9 Å². The molecule has 3 rings (SSSR count). The molecule has 0 bridgehead atoms. The highest BCUT2D eigenvalue weighted by atomic mass is 19.1. The van der Waals surface area contributed by atoms with E-state index in [9.17, 15) is 4.39 Å². The summed E-state index contributed by atoms with van der Waals surface area (Å²) >= 11 is 0. The average molecular weight is 336 g/mol. The lowest BCUT2D eigenvalue weighted by Gasteiger charge is -2.23. The van der Waals surface area contributed by atoms with Crippen molar-refractivity contribution in [3.05, 3.63) is 65.5 Å². The molecule has 25 heavy (non-hydrogen) atoms. The van der Waals surface area contributed by atoms with Crippen LogP contribution in [0.25, 0.3) is 21.9 Å². The lowest BCUT2D eigenvalue weighted by Crippen LogP contribution is -2.14. The van der Waals surface area contributed by atoms with Crippen molar-refractivity contribution in [2.75, 3.05) is 7.11 Å². The molecule has 0 saturated heterocycles. The fraction of sp³-hybridized carbons (Fsp3) is 0.304. The third-order valence-electron chi connectivity index (χ3n) is 4.74. The molecule has 0 spiro atoms. The maximum Gasteiger partial charge on any atom is 0.130 e. The lowest BCUT2D eigenvalue weighted by atomic mass is 9.83. The Morgan fingerprint density at radius 1 is 0.920 bits per heavy atom. The van der Waals surface area contributed by atoms with Gasteiger partial charge >= 0.3 is 0 Å². The number of methoxy groups -OCH3 is 1. The van der Waals surface area contributed by atoms with Crippen molar-refractivity contribution in [3.63, 3.8) is 0 Å². The van der Waals surface area contributed by atoms with Crippen LogP contribution in [0.2, 0.25) is 0 Å². The molecule has 0 atom stereocenters. The second-order valence-electron chi connectivity index (χ2n) is 7.49. The summed E-state index contributed by atoms with van der Waals surface area (Å²) in [4.78, 5) is 0. The Morgan fingerprint density at radius 2 is 1.56 bits per heavy atom. The van der Waals surface area contributed by atoms with Crippen molar-refractivity contribution in [2.45, 2.75) is 39.5 Å². The smallest absolute Gasteiger partial charge is 0.130 e. The van der Waals surface area contributed by atoms with Crippen LogP contribution in [0, 0.1) is 5.82 Å². The zero-order valence-electron chi connectivity index (χ0n) is 15.6. The van der Waals surface area contributed by atoms with Crippen molar-refractivity contribution < 1.29 is 9.13 Å². The van der Waals surface area contributed by atoms with Gasteiger partial charge in [0.05, 0.1) is 7.11 Å². The Morgan fingerprint density at radius 3 is 2.12 bits per heavy atom. The molecule has 0 heterocycles. The fourth-order valence-electron chi connectivity index (χ4n) is 3.34. The first-order chi connectivity index (χ1) is 11.8. The minimum atomic E-state index is -0.270. The van der Waals surface area contributed by atoms with Crippen LogP contribution in [0.15, 0.2) is 48.5 Å². The molecule has 0 N–H and O–H groups in total. The van der Waals surface area contributed by atoms with Gasteiger partial charge in [0.1, 0.15) is 11.6 Å². The van der Waals surface area contributed by atoms with E-state index in [2.05, 4.69) is 37.3 Å². The maximum absolute atomic E-state index is 14.6. The number of benzene rings is 3. The second kappa shape index (κ2) is 6.51. The Hall–Kier alpha value is -2.35. The van der Waals surface area contributed by atoms with Gasteiger partial charge in [-0.25, -0.2) is 4.39 Å². The summed E-state index contributed by atoms with van der Waals surface area (Å²) in [5.41, 5.74) is 3.75. The summed E-state index contributed by atoms with van der Waals surface area (Å²) in [5.74, 6) is 0.363. The van der Waals surface area contributed by atoms with Crippen molar-refractivity contribution >= 4 is 10.8 Å². The van der Waals surface area contributed by atoms with E-state index in [1.54, 1.807) is 7.11 Å². The van der Waals surface area contributed by atoms with Gasteiger partial charge in [0.2, 0.25) is 0 Å². The van der Waals surface area contributed by atoms with Crippen LogP contribution < -0.4 is 4.74 Å². The zero-order chi connectivity index (χ0) is 18.2.